The summed E-state index contributed by atoms with van der Waals surface area (Å²) in [7, 11) is 1.46. The lowest BCUT2D eigenvalue weighted by molar-refractivity contribution is -0.122. The van der Waals surface area contributed by atoms with E-state index in [9.17, 15) is 18.8 Å². The molecule has 0 bridgehead atoms. The van der Waals surface area contributed by atoms with Gasteiger partial charge in [0.05, 0.1) is 19.4 Å². The van der Waals surface area contributed by atoms with Crippen molar-refractivity contribution < 1.29 is 33.0 Å². The van der Waals surface area contributed by atoms with E-state index >= 15 is 0 Å². The second-order valence-corrected chi connectivity index (χ2v) is 8.13. The predicted molar refractivity (Wildman–Crippen MR) is 135 cm³/mol. The van der Waals surface area contributed by atoms with Gasteiger partial charge in [-0.25, -0.2) is 14.1 Å². The second kappa shape index (κ2) is 11.4. The summed E-state index contributed by atoms with van der Waals surface area (Å²) in [5.74, 6) is -0.489. The number of halogens is 1. The average molecular weight is 505 g/mol. The molecule has 4 rings (SSSR count). The Bertz CT molecular complexity index is 1340. The molecule has 1 fully saturated rings. The maximum Gasteiger partial charge on any atom is 0.335 e. The van der Waals surface area contributed by atoms with Crippen molar-refractivity contribution in [2.45, 2.75) is 20.0 Å². The van der Waals surface area contributed by atoms with Gasteiger partial charge in [-0.2, -0.15) is 0 Å². The molecular formula is C28H25FN2O6. The molecule has 0 atom stereocenters. The summed E-state index contributed by atoms with van der Waals surface area (Å²) >= 11 is 0. The van der Waals surface area contributed by atoms with Gasteiger partial charge in [0.2, 0.25) is 0 Å². The molecule has 190 valence electrons. The van der Waals surface area contributed by atoms with Gasteiger partial charge in [-0.1, -0.05) is 25.1 Å². The van der Waals surface area contributed by atoms with Crippen LogP contribution in [0.5, 0.6) is 17.2 Å². The van der Waals surface area contributed by atoms with E-state index in [1.165, 1.54) is 25.3 Å². The minimum atomic E-state index is -0.837. The van der Waals surface area contributed by atoms with E-state index in [4.69, 9.17) is 14.2 Å². The quantitative estimate of drug-likeness (QED) is 0.330. The lowest BCUT2D eigenvalue weighted by Crippen LogP contribution is -2.54. The van der Waals surface area contributed by atoms with Gasteiger partial charge in [-0.05, 0) is 72.2 Å². The summed E-state index contributed by atoms with van der Waals surface area (Å²) in [6.07, 6.45) is 2.22. The van der Waals surface area contributed by atoms with E-state index in [2.05, 4.69) is 5.32 Å². The number of nitrogens with zero attached hydrogens (tertiary/aromatic N) is 1. The molecular weight excluding hydrogens is 479 g/mol. The van der Waals surface area contributed by atoms with Crippen LogP contribution in [0.15, 0.2) is 72.3 Å². The summed E-state index contributed by atoms with van der Waals surface area (Å²) in [6.45, 7) is 2.72. The SMILES string of the molecule is CCCOc1ccc(N2C(=O)NC(=O)/C(=C/c3ccc(OCc4ccc(F)cc4)c(OC)c3)C2=O)cc1. The van der Waals surface area contributed by atoms with Gasteiger partial charge in [0.1, 0.15) is 23.7 Å². The number of ether oxygens (including phenoxy) is 3. The van der Waals surface area contributed by atoms with Gasteiger partial charge in [0.15, 0.2) is 11.5 Å². The Morgan fingerprint density at radius 1 is 0.919 bits per heavy atom. The van der Waals surface area contributed by atoms with Crippen LogP contribution >= 0.6 is 0 Å². The molecule has 3 aromatic carbocycles. The van der Waals surface area contributed by atoms with E-state index in [1.54, 1.807) is 54.6 Å². The maximum absolute atomic E-state index is 13.2. The van der Waals surface area contributed by atoms with Crippen molar-refractivity contribution >= 4 is 29.6 Å². The lowest BCUT2D eigenvalue weighted by atomic mass is 10.1. The Hall–Kier alpha value is -4.66. The molecule has 0 unspecified atom stereocenters. The van der Waals surface area contributed by atoms with Crippen LogP contribution < -0.4 is 24.4 Å². The van der Waals surface area contributed by atoms with Crippen molar-refractivity contribution in [2.75, 3.05) is 18.6 Å². The number of imide groups is 2. The first-order chi connectivity index (χ1) is 17.9. The number of hydrogen-bond donors (Lipinski definition) is 1. The molecule has 0 aliphatic carbocycles. The van der Waals surface area contributed by atoms with Gasteiger partial charge in [-0.3, -0.25) is 14.9 Å². The van der Waals surface area contributed by atoms with Crippen molar-refractivity contribution in [3.8, 4) is 17.2 Å². The summed E-state index contributed by atoms with van der Waals surface area (Å²) < 4.78 is 29.8. The van der Waals surface area contributed by atoms with Crippen LogP contribution in [-0.2, 0) is 16.2 Å². The van der Waals surface area contributed by atoms with Crippen LogP contribution in [0, 0.1) is 5.82 Å². The molecule has 0 spiro atoms. The first-order valence-electron chi connectivity index (χ1n) is 11.6. The molecule has 1 aliphatic rings. The van der Waals surface area contributed by atoms with Crippen molar-refractivity contribution in [1.29, 1.82) is 0 Å². The number of nitrogens with one attached hydrogen (secondary N) is 1. The van der Waals surface area contributed by atoms with Crippen LogP contribution in [0.1, 0.15) is 24.5 Å². The molecule has 4 amide bonds. The molecule has 0 radical (unpaired) electrons. The highest BCUT2D eigenvalue weighted by Crippen LogP contribution is 2.31. The molecule has 1 N–H and O–H groups in total. The summed E-state index contributed by atoms with van der Waals surface area (Å²) in [6, 6.07) is 16.4. The monoisotopic (exact) mass is 504 g/mol. The van der Waals surface area contributed by atoms with Crippen LogP contribution in [0.3, 0.4) is 0 Å². The van der Waals surface area contributed by atoms with Gasteiger partial charge in [0, 0.05) is 0 Å². The fourth-order valence-corrected chi connectivity index (χ4v) is 3.60. The first-order valence-corrected chi connectivity index (χ1v) is 11.6. The average Bonchev–Trinajstić information content (AvgIpc) is 2.90. The minimum Gasteiger partial charge on any atom is -0.494 e. The Labute approximate surface area is 213 Å². The van der Waals surface area contributed by atoms with Crippen LogP contribution in [0.25, 0.3) is 6.08 Å². The zero-order valence-corrected chi connectivity index (χ0v) is 20.3. The highest BCUT2D eigenvalue weighted by molar-refractivity contribution is 6.39. The van der Waals surface area contributed by atoms with Crippen LogP contribution in [0.2, 0.25) is 0 Å². The number of anilines is 1. The van der Waals surface area contributed by atoms with Crippen LogP contribution in [0.4, 0.5) is 14.9 Å². The third-order valence-corrected chi connectivity index (χ3v) is 5.48. The summed E-state index contributed by atoms with van der Waals surface area (Å²) in [5.41, 5.74) is 1.34. The third kappa shape index (κ3) is 5.95. The van der Waals surface area contributed by atoms with E-state index in [1.807, 2.05) is 6.92 Å². The summed E-state index contributed by atoms with van der Waals surface area (Å²) in [4.78, 5) is 39.1. The molecule has 37 heavy (non-hydrogen) atoms. The van der Waals surface area contributed by atoms with Gasteiger partial charge >= 0.3 is 6.03 Å². The number of amides is 4. The number of benzene rings is 3. The fourth-order valence-electron chi connectivity index (χ4n) is 3.60. The number of methoxy groups -OCH3 is 1. The molecule has 1 aliphatic heterocycles. The van der Waals surface area contributed by atoms with Gasteiger partial charge < -0.3 is 14.2 Å². The van der Waals surface area contributed by atoms with E-state index < -0.39 is 17.8 Å². The lowest BCUT2D eigenvalue weighted by Gasteiger charge is -2.26. The molecule has 0 saturated carbocycles. The second-order valence-electron chi connectivity index (χ2n) is 8.13. The standard InChI is InChI=1S/C28H25FN2O6/c1-3-14-36-22-11-9-21(10-12-22)31-27(33)23(26(32)30-28(31)34)15-19-6-13-24(25(16-19)35-2)37-17-18-4-7-20(29)8-5-18/h4-13,15-16H,3,14,17H2,1-2H3,(H,30,32,34)/b23-15-. The Morgan fingerprint density at radius 3 is 2.32 bits per heavy atom. The Morgan fingerprint density at radius 2 is 1.65 bits per heavy atom. The number of barbiturate groups is 1. The number of carbonyl (C=O) groups is 3. The normalized spacial score (nSPS) is 14.5. The number of hydrogen-bond acceptors (Lipinski definition) is 6. The van der Waals surface area contributed by atoms with Crippen molar-refractivity contribution in [3.05, 3.63) is 89.2 Å². The summed E-state index contributed by atoms with van der Waals surface area (Å²) in [5, 5.41) is 2.20. The van der Waals surface area contributed by atoms with Crippen molar-refractivity contribution in [2.24, 2.45) is 0 Å². The van der Waals surface area contributed by atoms with Crippen molar-refractivity contribution in [3.63, 3.8) is 0 Å². The zero-order chi connectivity index (χ0) is 26.4. The van der Waals surface area contributed by atoms with E-state index in [-0.39, 0.29) is 18.0 Å². The highest BCUT2D eigenvalue weighted by atomic mass is 19.1. The molecule has 3 aromatic rings. The van der Waals surface area contributed by atoms with Crippen molar-refractivity contribution in [1.82, 2.24) is 5.32 Å². The Kier molecular flexibility index (Phi) is 7.83. The molecule has 8 nitrogen and oxygen atoms in total. The third-order valence-electron chi connectivity index (χ3n) is 5.48. The van der Waals surface area contributed by atoms with Gasteiger partial charge in [-0.15, -0.1) is 0 Å². The molecule has 1 heterocycles. The predicted octanol–water partition coefficient (Wildman–Crippen LogP) is 4.87. The fraction of sp³-hybridized carbons (Fsp3) is 0.179. The first kappa shape index (κ1) is 25.4. The highest BCUT2D eigenvalue weighted by Gasteiger charge is 2.36. The zero-order valence-electron chi connectivity index (χ0n) is 20.3. The minimum absolute atomic E-state index is 0.192. The Balaban J connectivity index is 1.54. The maximum atomic E-state index is 13.2. The molecule has 1 saturated heterocycles. The topological polar surface area (TPSA) is 94.2 Å². The smallest absolute Gasteiger partial charge is 0.335 e. The van der Waals surface area contributed by atoms with Gasteiger partial charge in [0.25, 0.3) is 11.8 Å². The number of rotatable bonds is 9. The van der Waals surface area contributed by atoms with Crippen LogP contribution in [-0.4, -0.2) is 31.6 Å². The van der Waals surface area contributed by atoms with E-state index in [0.717, 1.165) is 16.9 Å². The van der Waals surface area contributed by atoms with E-state index in [0.29, 0.717) is 35.1 Å². The molecule has 9 heteroatoms. The number of carbonyl (C=O) groups excluding carboxylic acids is 3. The molecule has 0 aromatic heterocycles. The largest absolute Gasteiger partial charge is 0.494 e. The number of urea groups is 1.